The second-order valence-electron chi connectivity index (χ2n) is 2.55. The van der Waals surface area contributed by atoms with Gasteiger partial charge in [0.05, 0.1) is 12.5 Å². The molecular weight excluding hydrogens is 144 g/mol. The van der Waals surface area contributed by atoms with E-state index in [-0.39, 0.29) is 11.9 Å². The molecule has 0 aromatic rings. The number of carbonyl (C=O) groups is 1. The first-order chi connectivity index (χ1) is 4.84. The van der Waals surface area contributed by atoms with E-state index in [9.17, 15) is 4.79 Å². The van der Waals surface area contributed by atoms with Crippen molar-refractivity contribution in [2.45, 2.75) is 25.3 Å². The summed E-state index contributed by atoms with van der Waals surface area (Å²) in [6, 6.07) is 0.976. The Morgan fingerprint density at radius 1 is 1.70 bits per heavy atom. The molecule has 1 fully saturated rings. The van der Waals surface area contributed by atoms with Gasteiger partial charge in [0.15, 0.2) is 0 Å². The fourth-order valence-electron chi connectivity index (χ4n) is 1.15. The van der Waals surface area contributed by atoms with Gasteiger partial charge in [0.2, 0.25) is 0 Å². The lowest BCUT2D eigenvalue weighted by molar-refractivity contribution is -0.141. The molecule has 3 heteroatoms. The maximum absolute atomic E-state index is 10.8. The van der Waals surface area contributed by atoms with E-state index in [4.69, 9.17) is 4.74 Å². The molecule has 0 N–H and O–H groups in total. The highest BCUT2D eigenvalue weighted by Gasteiger charge is 2.24. The minimum Gasteiger partial charge on any atom is -0.465 e. The van der Waals surface area contributed by atoms with Crippen LogP contribution in [0.25, 0.3) is 0 Å². The van der Waals surface area contributed by atoms with Gasteiger partial charge in [-0.3, -0.25) is 4.79 Å². The number of esters is 1. The van der Waals surface area contributed by atoms with E-state index < -0.39 is 0 Å². The Labute approximate surface area is 64.4 Å². The third kappa shape index (κ3) is 1.83. The largest absolute Gasteiger partial charge is 0.465 e. The first-order valence-corrected chi connectivity index (χ1v) is 4.36. The number of hydrogen-bond donors (Lipinski definition) is 0. The fourth-order valence-corrected chi connectivity index (χ4v) is 1.35. The van der Waals surface area contributed by atoms with Crippen LogP contribution in [0.15, 0.2) is 0 Å². The number of cyclic esters (lactones) is 1. The molecule has 1 saturated heterocycles. The molecule has 1 atom stereocenters. The van der Waals surface area contributed by atoms with Crippen LogP contribution >= 0.6 is 0 Å². The molecule has 2 nitrogen and oxygen atoms in total. The summed E-state index contributed by atoms with van der Waals surface area (Å²) in [5, 5.41) is 0. The zero-order valence-electron chi connectivity index (χ0n) is 5.93. The van der Waals surface area contributed by atoms with Crippen LogP contribution in [0, 0.1) is 5.92 Å². The van der Waals surface area contributed by atoms with Gasteiger partial charge in [0, 0.05) is 10.2 Å². The van der Waals surface area contributed by atoms with Gasteiger partial charge in [-0.15, -0.1) is 0 Å². The summed E-state index contributed by atoms with van der Waals surface area (Å²) in [4.78, 5) is 10.8. The van der Waals surface area contributed by atoms with Crippen molar-refractivity contribution in [3.8, 4) is 0 Å². The summed E-state index contributed by atoms with van der Waals surface area (Å²) in [6.45, 7) is 0.630. The van der Waals surface area contributed by atoms with Gasteiger partial charge in [0.1, 0.15) is 0 Å². The minimum absolute atomic E-state index is 0.000108. The smallest absolute Gasteiger partial charge is 0.309 e. The van der Waals surface area contributed by atoms with Gasteiger partial charge >= 0.3 is 5.97 Å². The molecule has 1 rings (SSSR count). The molecule has 10 heavy (non-hydrogen) atoms. The maximum Gasteiger partial charge on any atom is 0.309 e. The molecule has 0 amide bonds. The average molecular weight is 155 g/mol. The fraction of sp³-hybridized carbons (Fsp3) is 0.857. The summed E-state index contributed by atoms with van der Waals surface area (Å²) in [7, 11) is 3.37. The van der Waals surface area contributed by atoms with E-state index in [0.717, 1.165) is 25.3 Å². The van der Waals surface area contributed by atoms with Gasteiger partial charge in [-0.05, 0) is 12.8 Å². The average Bonchev–Trinajstić information content (AvgIpc) is 2.31. The molecule has 0 bridgehead atoms. The SMILES string of the molecule is O=C1OCCC1CCC[Si]. The van der Waals surface area contributed by atoms with Gasteiger partial charge in [-0.25, -0.2) is 0 Å². The first-order valence-electron chi connectivity index (χ1n) is 3.66. The van der Waals surface area contributed by atoms with Gasteiger partial charge < -0.3 is 4.74 Å². The lowest BCUT2D eigenvalue weighted by atomic mass is 10.0. The Morgan fingerprint density at radius 2 is 2.50 bits per heavy atom. The van der Waals surface area contributed by atoms with Crippen molar-refractivity contribution in [2.75, 3.05) is 6.61 Å². The van der Waals surface area contributed by atoms with Crippen molar-refractivity contribution >= 4 is 16.2 Å². The molecule has 0 aliphatic carbocycles. The molecule has 1 unspecified atom stereocenters. The predicted octanol–water partition coefficient (Wildman–Crippen LogP) is 0.916. The quantitative estimate of drug-likeness (QED) is 0.447. The molecule has 55 valence electrons. The Kier molecular flexibility index (Phi) is 2.93. The van der Waals surface area contributed by atoms with E-state index >= 15 is 0 Å². The van der Waals surface area contributed by atoms with Crippen LogP contribution in [0.5, 0.6) is 0 Å². The topological polar surface area (TPSA) is 26.3 Å². The summed E-state index contributed by atoms with van der Waals surface area (Å²) in [6.07, 6.45) is 2.96. The van der Waals surface area contributed by atoms with E-state index in [2.05, 4.69) is 10.2 Å². The van der Waals surface area contributed by atoms with Crippen molar-refractivity contribution in [3.05, 3.63) is 0 Å². The number of carbonyl (C=O) groups excluding carboxylic acids is 1. The maximum atomic E-state index is 10.8. The molecular formula is C7H11O2Si. The molecule has 0 aromatic carbocycles. The third-order valence-electron chi connectivity index (χ3n) is 1.77. The predicted molar refractivity (Wildman–Crippen MR) is 38.9 cm³/mol. The zero-order valence-corrected chi connectivity index (χ0v) is 6.93. The summed E-state index contributed by atoms with van der Waals surface area (Å²) < 4.78 is 4.81. The molecule has 1 heterocycles. The number of ether oxygens (including phenoxy) is 1. The van der Waals surface area contributed by atoms with Crippen LogP contribution in [0.3, 0.4) is 0 Å². The van der Waals surface area contributed by atoms with Gasteiger partial charge in [-0.2, -0.15) is 0 Å². The van der Waals surface area contributed by atoms with E-state index in [0.29, 0.717) is 6.61 Å². The molecule has 1 aliphatic heterocycles. The summed E-state index contributed by atoms with van der Waals surface area (Å²) in [5.74, 6) is 0.191. The number of rotatable bonds is 3. The molecule has 0 spiro atoms. The summed E-state index contributed by atoms with van der Waals surface area (Å²) in [5.41, 5.74) is 0. The van der Waals surface area contributed by atoms with Crippen molar-refractivity contribution < 1.29 is 9.53 Å². The lowest BCUT2D eigenvalue weighted by Gasteiger charge is -2.01. The Hall–Kier alpha value is -0.313. The van der Waals surface area contributed by atoms with Crippen molar-refractivity contribution in [1.29, 1.82) is 0 Å². The minimum atomic E-state index is 0.000108. The second-order valence-corrected chi connectivity index (χ2v) is 3.05. The highest BCUT2D eigenvalue weighted by atomic mass is 28.1. The zero-order chi connectivity index (χ0) is 7.40. The van der Waals surface area contributed by atoms with Crippen LogP contribution < -0.4 is 0 Å². The number of hydrogen-bond acceptors (Lipinski definition) is 2. The Morgan fingerprint density at radius 3 is 3.00 bits per heavy atom. The van der Waals surface area contributed by atoms with Crippen molar-refractivity contribution in [2.24, 2.45) is 5.92 Å². The monoisotopic (exact) mass is 155 g/mol. The van der Waals surface area contributed by atoms with Crippen molar-refractivity contribution in [3.63, 3.8) is 0 Å². The van der Waals surface area contributed by atoms with Gasteiger partial charge in [-0.1, -0.05) is 12.5 Å². The standard InChI is InChI=1S/C7H11O2Si/c8-7-6(2-1-5-10)3-4-9-7/h6H,1-5H2. The van der Waals surface area contributed by atoms with E-state index in [1.807, 2.05) is 0 Å². The normalized spacial score (nSPS) is 24.9. The van der Waals surface area contributed by atoms with Crippen molar-refractivity contribution in [1.82, 2.24) is 0 Å². The Bertz CT molecular complexity index is 125. The molecule has 0 aromatic heterocycles. The lowest BCUT2D eigenvalue weighted by Crippen LogP contribution is -2.06. The Balaban J connectivity index is 2.20. The summed E-state index contributed by atoms with van der Waals surface area (Å²) >= 11 is 0. The first kappa shape index (κ1) is 7.79. The van der Waals surface area contributed by atoms with Gasteiger partial charge in [0.25, 0.3) is 0 Å². The van der Waals surface area contributed by atoms with E-state index in [1.54, 1.807) is 0 Å². The second kappa shape index (κ2) is 3.76. The molecule has 3 radical (unpaired) electrons. The highest BCUT2D eigenvalue weighted by molar-refractivity contribution is 6.08. The van der Waals surface area contributed by atoms with Crippen LogP contribution in [-0.4, -0.2) is 22.8 Å². The van der Waals surface area contributed by atoms with Crippen LogP contribution in [0.1, 0.15) is 19.3 Å². The van der Waals surface area contributed by atoms with Crippen LogP contribution in [0.4, 0.5) is 0 Å². The molecule has 1 aliphatic rings. The van der Waals surface area contributed by atoms with E-state index in [1.165, 1.54) is 0 Å². The third-order valence-corrected chi connectivity index (χ3v) is 2.13. The van der Waals surface area contributed by atoms with Crippen LogP contribution in [-0.2, 0) is 9.53 Å². The van der Waals surface area contributed by atoms with Crippen LogP contribution in [0.2, 0.25) is 6.04 Å². The molecule has 0 saturated carbocycles. The highest BCUT2D eigenvalue weighted by Crippen LogP contribution is 2.19.